The number of carbonyl (C=O) groups excluding carboxylic acids is 1. The maximum absolute atomic E-state index is 11.9. The second kappa shape index (κ2) is 6.83. The molecule has 1 heterocycles. The van der Waals surface area contributed by atoms with Gasteiger partial charge in [0.15, 0.2) is 5.44 Å². The standard InChI is InChI=1S/C17H15NO4S/c19-16-10-12(14-8-4-5-9-15(14)18(20)21)11-17(22-16)23-13-6-2-1-3-7-13/h1-9,12,17H,10-11H2/t12-,17-/m0/s1. The third-order valence-electron chi connectivity index (χ3n) is 3.74. The van der Waals surface area contributed by atoms with Crippen LogP contribution in [0.3, 0.4) is 0 Å². The van der Waals surface area contributed by atoms with Crippen molar-refractivity contribution >= 4 is 23.4 Å². The monoisotopic (exact) mass is 329 g/mol. The number of nitrogens with zero attached hydrogens (tertiary/aromatic N) is 1. The van der Waals surface area contributed by atoms with Gasteiger partial charge in [-0.05, 0) is 12.1 Å². The van der Waals surface area contributed by atoms with E-state index in [0.29, 0.717) is 12.0 Å². The van der Waals surface area contributed by atoms with Gasteiger partial charge in [-0.2, -0.15) is 0 Å². The third-order valence-corrected chi connectivity index (χ3v) is 4.83. The molecule has 0 N–H and O–H groups in total. The number of hydrogen-bond acceptors (Lipinski definition) is 5. The Morgan fingerprint density at radius 3 is 2.52 bits per heavy atom. The topological polar surface area (TPSA) is 69.4 Å². The molecule has 2 aromatic rings. The van der Waals surface area contributed by atoms with Gasteiger partial charge >= 0.3 is 5.97 Å². The number of thioether (sulfide) groups is 1. The molecule has 2 atom stereocenters. The van der Waals surface area contributed by atoms with Gasteiger partial charge < -0.3 is 4.74 Å². The van der Waals surface area contributed by atoms with Crippen LogP contribution in [0.5, 0.6) is 0 Å². The van der Waals surface area contributed by atoms with Gasteiger partial charge in [0.25, 0.3) is 5.69 Å². The van der Waals surface area contributed by atoms with Crippen LogP contribution in [0.15, 0.2) is 59.5 Å². The predicted molar refractivity (Wildman–Crippen MR) is 87.3 cm³/mol. The molecular weight excluding hydrogens is 314 g/mol. The first-order chi connectivity index (χ1) is 11.1. The highest BCUT2D eigenvalue weighted by atomic mass is 32.2. The summed E-state index contributed by atoms with van der Waals surface area (Å²) in [5.41, 5.74) is 0.340. The maximum Gasteiger partial charge on any atom is 0.307 e. The summed E-state index contributed by atoms with van der Waals surface area (Å²) in [5.74, 6) is -0.508. The van der Waals surface area contributed by atoms with E-state index in [0.717, 1.165) is 4.90 Å². The van der Waals surface area contributed by atoms with Crippen molar-refractivity contribution in [2.75, 3.05) is 0 Å². The number of nitro groups is 1. The summed E-state index contributed by atoms with van der Waals surface area (Å²) in [7, 11) is 0. The summed E-state index contributed by atoms with van der Waals surface area (Å²) >= 11 is 1.47. The molecule has 0 radical (unpaired) electrons. The van der Waals surface area contributed by atoms with Crippen molar-refractivity contribution in [3.63, 3.8) is 0 Å². The molecule has 1 aliphatic heterocycles. The number of para-hydroxylation sites is 1. The predicted octanol–water partition coefficient (Wildman–Crippen LogP) is 4.13. The number of carbonyl (C=O) groups is 1. The number of esters is 1. The number of benzene rings is 2. The summed E-state index contributed by atoms with van der Waals surface area (Å²) < 4.78 is 5.40. The second-order valence-electron chi connectivity index (χ2n) is 5.30. The Kier molecular flexibility index (Phi) is 4.62. The molecule has 3 rings (SSSR count). The van der Waals surface area contributed by atoms with Gasteiger partial charge in [0.2, 0.25) is 0 Å². The van der Waals surface area contributed by atoms with Crippen LogP contribution in [0, 0.1) is 10.1 Å². The quantitative estimate of drug-likeness (QED) is 0.479. The minimum Gasteiger partial charge on any atom is -0.451 e. The van der Waals surface area contributed by atoms with Crippen LogP contribution >= 0.6 is 11.8 Å². The third kappa shape index (κ3) is 3.71. The Morgan fingerprint density at radius 1 is 1.09 bits per heavy atom. The van der Waals surface area contributed by atoms with Crippen LogP contribution in [-0.4, -0.2) is 16.3 Å². The molecule has 0 aromatic heterocycles. The molecule has 118 valence electrons. The molecule has 1 aliphatic rings. The number of cyclic esters (lactones) is 1. The van der Waals surface area contributed by atoms with E-state index in [1.807, 2.05) is 30.3 Å². The van der Waals surface area contributed by atoms with Crippen molar-refractivity contribution in [2.45, 2.75) is 29.1 Å². The molecule has 0 amide bonds. The van der Waals surface area contributed by atoms with Gasteiger partial charge in [0.05, 0.1) is 11.3 Å². The summed E-state index contributed by atoms with van der Waals surface area (Å²) in [6.45, 7) is 0. The van der Waals surface area contributed by atoms with Crippen LogP contribution in [0.4, 0.5) is 5.69 Å². The highest BCUT2D eigenvalue weighted by molar-refractivity contribution is 7.99. The summed E-state index contributed by atoms with van der Waals surface area (Å²) in [6, 6.07) is 16.3. The van der Waals surface area contributed by atoms with E-state index in [9.17, 15) is 14.9 Å². The molecular formula is C17H15NO4S. The normalized spacial score (nSPS) is 20.8. The average Bonchev–Trinajstić information content (AvgIpc) is 2.55. The Morgan fingerprint density at radius 2 is 1.78 bits per heavy atom. The van der Waals surface area contributed by atoms with Crippen LogP contribution in [0.1, 0.15) is 24.3 Å². The molecule has 1 fully saturated rings. The summed E-state index contributed by atoms with van der Waals surface area (Å²) in [5, 5.41) is 11.2. The van der Waals surface area contributed by atoms with E-state index in [1.54, 1.807) is 18.2 Å². The zero-order valence-corrected chi connectivity index (χ0v) is 13.1. The maximum atomic E-state index is 11.9. The Hall–Kier alpha value is -2.34. The molecule has 0 unspecified atom stereocenters. The summed E-state index contributed by atoms with van der Waals surface area (Å²) in [6.07, 6.45) is 0.743. The van der Waals surface area contributed by atoms with Gasteiger partial charge in [-0.25, -0.2) is 0 Å². The van der Waals surface area contributed by atoms with Gasteiger partial charge in [0, 0.05) is 28.9 Å². The minimum atomic E-state index is -0.394. The molecule has 0 saturated carbocycles. The van der Waals surface area contributed by atoms with Gasteiger partial charge in [-0.3, -0.25) is 14.9 Å². The molecule has 0 bridgehead atoms. The molecule has 23 heavy (non-hydrogen) atoms. The molecule has 0 spiro atoms. The van der Waals surface area contributed by atoms with E-state index in [2.05, 4.69) is 0 Å². The molecule has 5 nitrogen and oxygen atoms in total. The first kappa shape index (κ1) is 15.6. The van der Waals surface area contributed by atoms with E-state index in [1.165, 1.54) is 17.8 Å². The smallest absolute Gasteiger partial charge is 0.307 e. The van der Waals surface area contributed by atoms with Crippen molar-refractivity contribution < 1.29 is 14.5 Å². The first-order valence-electron chi connectivity index (χ1n) is 7.28. The van der Waals surface area contributed by atoms with Gasteiger partial charge in [-0.1, -0.05) is 48.2 Å². The van der Waals surface area contributed by atoms with Crippen molar-refractivity contribution in [3.8, 4) is 0 Å². The van der Waals surface area contributed by atoms with Crippen molar-refractivity contribution in [1.82, 2.24) is 0 Å². The fourth-order valence-corrected chi connectivity index (χ4v) is 3.82. The van der Waals surface area contributed by atoms with Gasteiger partial charge in [0.1, 0.15) is 0 Å². The Balaban J connectivity index is 1.81. The van der Waals surface area contributed by atoms with Crippen LogP contribution in [-0.2, 0) is 9.53 Å². The van der Waals surface area contributed by atoms with Crippen LogP contribution < -0.4 is 0 Å². The first-order valence-corrected chi connectivity index (χ1v) is 8.16. The van der Waals surface area contributed by atoms with Crippen LogP contribution in [0.2, 0.25) is 0 Å². The lowest BCUT2D eigenvalue weighted by Crippen LogP contribution is -2.26. The Labute approximate surface area is 137 Å². The molecule has 1 saturated heterocycles. The van der Waals surface area contributed by atoms with E-state index >= 15 is 0 Å². The highest BCUT2D eigenvalue weighted by Gasteiger charge is 2.33. The largest absolute Gasteiger partial charge is 0.451 e. The number of nitro benzene ring substituents is 1. The lowest BCUT2D eigenvalue weighted by molar-refractivity contribution is -0.385. The number of rotatable bonds is 4. The number of hydrogen-bond donors (Lipinski definition) is 0. The molecule has 6 heteroatoms. The molecule has 2 aromatic carbocycles. The highest BCUT2D eigenvalue weighted by Crippen LogP contribution is 2.40. The fourth-order valence-electron chi connectivity index (χ4n) is 2.72. The van der Waals surface area contributed by atoms with Crippen molar-refractivity contribution in [3.05, 3.63) is 70.3 Å². The Bertz CT molecular complexity index is 720. The lowest BCUT2D eigenvalue weighted by atomic mass is 9.90. The van der Waals surface area contributed by atoms with Crippen molar-refractivity contribution in [1.29, 1.82) is 0 Å². The van der Waals surface area contributed by atoms with E-state index in [-0.39, 0.29) is 29.4 Å². The average molecular weight is 329 g/mol. The van der Waals surface area contributed by atoms with Gasteiger partial charge in [-0.15, -0.1) is 0 Å². The fraction of sp³-hybridized carbons (Fsp3) is 0.235. The zero-order chi connectivity index (χ0) is 16.2. The second-order valence-corrected chi connectivity index (χ2v) is 6.54. The lowest BCUT2D eigenvalue weighted by Gasteiger charge is -2.28. The zero-order valence-electron chi connectivity index (χ0n) is 12.3. The number of ether oxygens (including phenoxy) is 1. The molecule has 0 aliphatic carbocycles. The van der Waals surface area contributed by atoms with E-state index < -0.39 is 4.92 Å². The van der Waals surface area contributed by atoms with E-state index in [4.69, 9.17) is 4.74 Å². The SMILES string of the molecule is O=C1C[C@H](c2ccccc2[N+](=O)[O-])C[C@H](Sc2ccccc2)O1. The minimum absolute atomic E-state index is 0.0654. The van der Waals surface area contributed by atoms with Crippen LogP contribution in [0.25, 0.3) is 0 Å². The van der Waals surface area contributed by atoms with Crippen molar-refractivity contribution in [2.24, 2.45) is 0 Å². The summed E-state index contributed by atoms with van der Waals surface area (Å²) in [4.78, 5) is 23.7.